The van der Waals surface area contributed by atoms with Crippen LogP contribution < -0.4 is 9.47 Å². The SMILES string of the molecule is COc1cc(C(=O)O)ccc1CN1C[C@@H]2C[C@H]1CN2Cc1ccc(OC(F)C(F)C(F)F)cc1. The fraction of sp³-hybridized carbons (Fsp3) is 0.458. The normalized spacial score (nSPS) is 22.2. The van der Waals surface area contributed by atoms with Crippen LogP contribution in [-0.4, -0.2) is 72.1 Å². The van der Waals surface area contributed by atoms with E-state index < -0.39 is 24.9 Å². The Bertz CT molecular complexity index is 1010. The van der Waals surface area contributed by atoms with E-state index in [1.54, 1.807) is 24.3 Å². The maximum Gasteiger partial charge on any atom is 0.335 e. The standard InChI is InChI=1S/C24H26F4N2O4/c1-33-20-8-15(24(31)32)4-5-16(20)11-30-13-17-9-18(30)12-29(17)10-14-2-6-19(7-3-14)34-23(28)21(25)22(26)27/h2-8,17-18,21-23H,9-13H2,1H3,(H,31,32)/t17-,18-,21?,23?/m0/s1. The van der Waals surface area contributed by atoms with Gasteiger partial charge in [-0.05, 0) is 36.2 Å². The summed E-state index contributed by atoms with van der Waals surface area (Å²) in [4.78, 5) is 15.9. The highest BCUT2D eigenvalue weighted by Gasteiger charge is 2.43. The average molecular weight is 482 g/mol. The van der Waals surface area contributed by atoms with Gasteiger partial charge in [-0.15, -0.1) is 0 Å². The Morgan fingerprint density at radius 1 is 1.03 bits per heavy atom. The molecule has 4 rings (SSSR count). The minimum Gasteiger partial charge on any atom is -0.496 e. The van der Waals surface area contributed by atoms with Gasteiger partial charge < -0.3 is 14.6 Å². The molecule has 0 saturated carbocycles. The number of likely N-dealkylation sites (tertiary alicyclic amines) is 2. The zero-order valence-corrected chi connectivity index (χ0v) is 18.5. The summed E-state index contributed by atoms with van der Waals surface area (Å²) < 4.78 is 61.0. The second kappa shape index (κ2) is 10.2. The lowest BCUT2D eigenvalue weighted by Gasteiger charge is -2.34. The molecule has 2 heterocycles. The molecule has 10 heteroatoms. The number of fused-ring (bicyclic) bond motifs is 2. The highest BCUT2D eigenvalue weighted by Crippen LogP contribution is 2.34. The quantitative estimate of drug-likeness (QED) is 0.514. The van der Waals surface area contributed by atoms with E-state index in [1.165, 1.54) is 25.3 Å². The molecule has 1 N–H and O–H groups in total. The van der Waals surface area contributed by atoms with E-state index in [2.05, 4.69) is 14.5 Å². The number of piperazine rings is 1. The number of benzene rings is 2. The molecule has 2 fully saturated rings. The van der Waals surface area contributed by atoms with Gasteiger partial charge in [0.2, 0.25) is 6.17 Å². The predicted molar refractivity (Wildman–Crippen MR) is 116 cm³/mol. The molecule has 2 bridgehead atoms. The Labute approximate surface area is 194 Å². The summed E-state index contributed by atoms with van der Waals surface area (Å²) in [6, 6.07) is 12.0. The molecule has 6 nitrogen and oxygen atoms in total. The fourth-order valence-electron chi connectivity index (χ4n) is 4.66. The van der Waals surface area contributed by atoms with Crippen LogP contribution in [0.1, 0.15) is 27.9 Å². The number of methoxy groups -OCH3 is 1. The third-order valence-electron chi connectivity index (χ3n) is 6.42. The smallest absolute Gasteiger partial charge is 0.335 e. The van der Waals surface area contributed by atoms with Gasteiger partial charge >= 0.3 is 5.97 Å². The third-order valence-corrected chi connectivity index (χ3v) is 6.42. The third kappa shape index (κ3) is 5.28. The molecule has 4 atom stereocenters. The molecular formula is C24H26F4N2O4. The molecule has 0 aromatic heterocycles. The number of hydrogen-bond donors (Lipinski definition) is 1. The van der Waals surface area contributed by atoms with Crippen LogP contribution >= 0.6 is 0 Å². The Hall–Kier alpha value is -2.85. The number of carboxylic acid groups (broad SMARTS) is 1. The van der Waals surface area contributed by atoms with Gasteiger partial charge in [0, 0.05) is 43.8 Å². The Morgan fingerprint density at radius 2 is 1.68 bits per heavy atom. The summed E-state index contributed by atoms with van der Waals surface area (Å²) in [5, 5.41) is 9.17. The zero-order valence-electron chi connectivity index (χ0n) is 18.5. The molecule has 2 saturated heterocycles. The maximum absolute atomic E-state index is 13.4. The van der Waals surface area contributed by atoms with E-state index in [9.17, 15) is 27.5 Å². The van der Waals surface area contributed by atoms with Crippen LogP contribution in [-0.2, 0) is 13.1 Å². The first-order valence-corrected chi connectivity index (χ1v) is 11.0. The van der Waals surface area contributed by atoms with Gasteiger partial charge in [0.1, 0.15) is 11.5 Å². The Morgan fingerprint density at radius 3 is 2.24 bits per heavy atom. The molecule has 0 amide bonds. The van der Waals surface area contributed by atoms with Gasteiger partial charge in [0.25, 0.3) is 12.8 Å². The zero-order chi connectivity index (χ0) is 24.4. The lowest BCUT2D eigenvalue weighted by molar-refractivity contribution is -0.0750. The largest absolute Gasteiger partial charge is 0.496 e. The number of rotatable bonds is 10. The van der Waals surface area contributed by atoms with E-state index in [-0.39, 0.29) is 11.3 Å². The molecule has 2 unspecified atom stereocenters. The topological polar surface area (TPSA) is 62.2 Å². The van der Waals surface area contributed by atoms with Crippen molar-refractivity contribution in [3.8, 4) is 11.5 Å². The minimum absolute atomic E-state index is 0.00321. The summed E-state index contributed by atoms with van der Waals surface area (Å²) in [5.74, 6) is -0.439. The van der Waals surface area contributed by atoms with Gasteiger partial charge in [-0.1, -0.05) is 18.2 Å². The lowest BCUT2D eigenvalue weighted by atomic mass is 10.1. The summed E-state index contributed by atoms with van der Waals surface area (Å²) in [6.07, 6.45) is -8.13. The summed E-state index contributed by atoms with van der Waals surface area (Å²) >= 11 is 0. The van der Waals surface area contributed by atoms with Gasteiger partial charge in [-0.25, -0.2) is 18.0 Å². The number of aromatic carboxylic acids is 1. The summed E-state index contributed by atoms with van der Waals surface area (Å²) in [7, 11) is 1.53. The first-order valence-electron chi connectivity index (χ1n) is 11.0. The lowest BCUT2D eigenvalue weighted by Crippen LogP contribution is -2.45. The van der Waals surface area contributed by atoms with Crippen molar-refractivity contribution in [3.63, 3.8) is 0 Å². The average Bonchev–Trinajstić information content (AvgIpc) is 3.39. The second-order valence-corrected chi connectivity index (χ2v) is 8.63. The van der Waals surface area contributed by atoms with Crippen molar-refractivity contribution in [2.45, 2.75) is 50.5 Å². The molecule has 2 aromatic carbocycles. The first kappa shape index (κ1) is 24.3. The van der Waals surface area contributed by atoms with Crippen LogP contribution in [0.4, 0.5) is 17.6 Å². The van der Waals surface area contributed by atoms with Crippen LogP contribution in [0.3, 0.4) is 0 Å². The van der Waals surface area contributed by atoms with Crippen molar-refractivity contribution in [3.05, 3.63) is 59.2 Å². The minimum atomic E-state index is -3.44. The van der Waals surface area contributed by atoms with E-state index in [0.717, 1.165) is 30.6 Å². The Balaban J connectivity index is 1.31. The van der Waals surface area contributed by atoms with Crippen molar-refractivity contribution in [1.82, 2.24) is 9.80 Å². The highest BCUT2D eigenvalue weighted by atomic mass is 19.3. The number of ether oxygens (including phenoxy) is 2. The molecule has 184 valence electrons. The summed E-state index contributed by atoms with van der Waals surface area (Å²) in [6.45, 7) is 3.07. The number of carboxylic acids is 1. The van der Waals surface area contributed by atoms with E-state index in [4.69, 9.17) is 4.74 Å². The van der Waals surface area contributed by atoms with Crippen molar-refractivity contribution < 1.29 is 36.9 Å². The molecule has 0 spiro atoms. The van der Waals surface area contributed by atoms with Gasteiger partial charge in [-0.3, -0.25) is 9.80 Å². The number of carbonyl (C=O) groups is 1. The van der Waals surface area contributed by atoms with Crippen LogP contribution in [0.5, 0.6) is 11.5 Å². The number of halogens is 4. The van der Waals surface area contributed by atoms with Gasteiger partial charge in [0.15, 0.2) is 0 Å². The molecule has 0 aliphatic carbocycles. The number of nitrogens with zero attached hydrogens (tertiary/aromatic N) is 2. The van der Waals surface area contributed by atoms with E-state index in [0.29, 0.717) is 30.9 Å². The fourth-order valence-corrected chi connectivity index (χ4v) is 4.66. The molecule has 2 aromatic rings. The molecule has 2 aliphatic rings. The van der Waals surface area contributed by atoms with Crippen molar-refractivity contribution in [1.29, 1.82) is 0 Å². The molecular weight excluding hydrogens is 456 g/mol. The molecule has 0 radical (unpaired) electrons. The van der Waals surface area contributed by atoms with E-state index in [1.807, 2.05) is 0 Å². The van der Waals surface area contributed by atoms with Crippen LogP contribution in [0.25, 0.3) is 0 Å². The number of hydrogen-bond acceptors (Lipinski definition) is 5. The molecule has 2 aliphatic heterocycles. The van der Waals surface area contributed by atoms with Gasteiger partial charge in [-0.2, -0.15) is 4.39 Å². The predicted octanol–water partition coefficient (Wildman–Crippen LogP) is 4.13. The van der Waals surface area contributed by atoms with E-state index >= 15 is 0 Å². The highest BCUT2D eigenvalue weighted by molar-refractivity contribution is 5.88. The monoisotopic (exact) mass is 482 g/mol. The van der Waals surface area contributed by atoms with Crippen LogP contribution in [0.15, 0.2) is 42.5 Å². The van der Waals surface area contributed by atoms with Gasteiger partial charge in [0.05, 0.1) is 12.7 Å². The Kier molecular flexibility index (Phi) is 7.27. The second-order valence-electron chi connectivity index (χ2n) is 8.63. The van der Waals surface area contributed by atoms with Crippen molar-refractivity contribution in [2.24, 2.45) is 0 Å². The van der Waals surface area contributed by atoms with Crippen LogP contribution in [0, 0.1) is 0 Å². The van der Waals surface area contributed by atoms with Crippen molar-refractivity contribution in [2.75, 3.05) is 20.2 Å². The summed E-state index contributed by atoms with van der Waals surface area (Å²) in [5.41, 5.74) is 2.08. The number of alkyl halides is 4. The first-order chi connectivity index (χ1) is 16.2. The molecule has 34 heavy (non-hydrogen) atoms. The van der Waals surface area contributed by atoms with Crippen molar-refractivity contribution >= 4 is 5.97 Å². The van der Waals surface area contributed by atoms with Crippen LogP contribution in [0.2, 0.25) is 0 Å². The maximum atomic E-state index is 13.4.